The normalized spacial score (nSPS) is 16.8. The van der Waals surface area contributed by atoms with Gasteiger partial charge in [0.15, 0.2) is 0 Å². The Bertz CT molecular complexity index is 391. The lowest BCUT2D eigenvalue weighted by molar-refractivity contribution is 0.0459. The van der Waals surface area contributed by atoms with Gasteiger partial charge in [0, 0.05) is 25.1 Å². The Hall–Kier alpha value is -0.490. The molecular formula is C14H24N2O2S. The number of ether oxygens (including phenoxy) is 2. The van der Waals surface area contributed by atoms with Crippen molar-refractivity contribution >= 4 is 11.3 Å². The van der Waals surface area contributed by atoms with E-state index in [-0.39, 0.29) is 6.10 Å². The van der Waals surface area contributed by atoms with Crippen LogP contribution in [0, 0.1) is 5.92 Å². The summed E-state index contributed by atoms with van der Waals surface area (Å²) in [6, 6.07) is 0. The molecule has 0 saturated heterocycles. The second kappa shape index (κ2) is 7.33. The molecule has 108 valence electrons. The van der Waals surface area contributed by atoms with Gasteiger partial charge in [-0.2, -0.15) is 0 Å². The lowest BCUT2D eigenvalue weighted by atomic mass is 10.2. The van der Waals surface area contributed by atoms with E-state index >= 15 is 0 Å². The molecule has 1 aliphatic carbocycles. The summed E-state index contributed by atoms with van der Waals surface area (Å²) in [6.07, 6.45) is 2.74. The molecule has 4 nitrogen and oxygen atoms in total. The molecule has 1 atom stereocenters. The third-order valence-electron chi connectivity index (χ3n) is 3.25. The SMILES string of the molecule is CCNCc1sc(C(OCC)C2CC2)nc1COC. The number of rotatable bonds is 9. The van der Waals surface area contributed by atoms with Crippen LogP contribution in [0.1, 0.15) is 48.4 Å². The maximum atomic E-state index is 5.89. The highest BCUT2D eigenvalue weighted by atomic mass is 32.1. The smallest absolute Gasteiger partial charge is 0.122 e. The minimum Gasteiger partial charge on any atom is -0.378 e. The first-order valence-electron chi connectivity index (χ1n) is 7.09. The minimum absolute atomic E-state index is 0.195. The number of methoxy groups -OCH3 is 1. The quantitative estimate of drug-likeness (QED) is 0.757. The zero-order chi connectivity index (χ0) is 13.7. The van der Waals surface area contributed by atoms with Gasteiger partial charge in [-0.1, -0.05) is 6.92 Å². The number of nitrogens with one attached hydrogen (secondary N) is 1. The molecule has 1 aliphatic rings. The van der Waals surface area contributed by atoms with Crippen molar-refractivity contribution in [3.05, 3.63) is 15.6 Å². The van der Waals surface area contributed by atoms with Crippen LogP contribution in [-0.2, 0) is 22.6 Å². The first-order valence-corrected chi connectivity index (χ1v) is 7.91. The van der Waals surface area contributed by atoms with Crippen molar-refractivity contribution in [3.8, 4) is 0 Å². The first-order chi connectivity index (χ1) is 9.30. The van der Waals surface area contributed by atoms with Crippen LogP contribution in [0.5, 0.6) is 0 Å². The van der Waals surface area contributed by atoms with Crippen LogP contribution in [-0.4, -0.2) is 25.2 Å². The number of aromatic nitrogens is 1. The summed E-state index contributed by atoms with van der Waals surface area (Å²) in [5, 5.41) is 4.50. The van der Waals surface area contributed by atoms with E-state index in [9.17, 15) is 0 Å². The predicted molar refractivity (Wildman–Crippen MR) is 77.3 cm³/mol. The van der Waals surface area contributed by atoms with E-state index in [1.54, 1.807) is 18.4 Å². The Kier molecular flexibility index (Phi) is 5.76. The summed E-state index contributed by atoms with van der Waals surface area (Å²) in [6.45, 7) is 7.35. The minimum atomic E-state index is 0.195. The fraction of sp³-hybridized carbons (Fsp3) is 0.786. The lowest BCUT2D eigenvalue weighted by Crippen LogP contribution is -2.12. The fourth-order valence-corrected chi connectivity index (χ4v) is 3.32. The number of thiazole rings is 1. The largest absolute Gasteiger partial charge is 0.378 e. The number of hydrogen-bond donors (Lipinski definition) is 1. The van der Waals surface area contributed by atoms with Crippen molar-refractivity contribution in [2.24, 2.45) is 5.92 Å². The molecule has 0 aromatic carbocycles. The van der Waals surface area contributed by atoms with Gasteiger partial charge in [-0.15, -0.1) is 11.3 Å². The molecular weight excluding hydrogens is 260 g/mol. The molecule has 0 bridgehead atoms. The lowest BCUT2D eigenvalue weighted by Gasteiger charge is -2.12. The van der Waals surface area contributed by atoms with Crippen molar-refractivity contribution in [2.45, 2.75) is 45.9 Å². The molecule has 1 N–H and O–H groups in total. The molecule has 2 rings (SSSR count). The molecule has 1 unspecified atom stereocenters. The second-order valence-corrected chi connectivity index (χ2v) is 5.96. The summed E-state index contributed by atoms with van der Waals surface area (Å²) in [4.78, 5) is 6.04. The Labute approximate surface area is 119 Å². The second-order valence-electron chi connectivity index (χ2n) is 4.85. The average Bonchev–Trinajstić information content (AvgIpc) is 3.17. The molecule has 0 aliphatic heterocycles. The summed E-state index contributed by atoms with van der Waals surface area (Å²) in [5.74, 6) is 0.675. The summed E-state index contributed by atoms with van der Waals surface area (Å²) in [7, 11) is 1.72. The predicted octanol–water partition coefficient (Wildman–Crippen LogP) is 2.89. The molecule has 19 heavy (non-hydrogen) atoms. The Morgan fingerprint density at radius 1 is 1.42 bits per heavy atom. The van der Waals surface area contributed by atoms with Crippen molar-refractivity contribution in [1.29, 1.82) is 0 Å². The van der Waals surface area contributed by atoms with Crippen LogP contribution in [0.15, 0.2) is 0 Å². The summed E-state index contributed by atoms with van der Waals surface area (Å²) >= 11 is 1.78. The van der Waals surface area contributed by atoms with Crippen LogP contribution >= 0.6 is 11.3 Å². The van der Waals surface area contributed by atoms with Gasteiger partial charge in [-0.25, -0.2) is 4.98 Å². The molecule has 1 heterocycles. The Morgan fingerprint density at radius 3 is 2.79 bits per heavy atom. The fourth-order valence-electron chi connectivity index (χ4n) is 2.14. The van der Waals surface area contributed by atoms with E-state index in [2.05, 4.69) is 19.2 Å². The van der Waals surface area contributed by atoms with Crippen LogP contribution in [0.2, 0.25) is 0 Å². The van der Waals surface area contributed by atoms with E-state index in [1.807, 2.05) is 0 Å². The van der Waals surface area contributed by atoms with Gasteiger partial charge in [-0.05, 0) is 32.2 Å². The van der Waals surface area contributed by atoms with E-state index in [4.69, 9.17) is 14.5 Å². The summed E-state index contributed by atoms with van der Waals surface area (Å²) in [5.41, 5.74) is 1.06. The monoisotopic (exact) mass is 284 g/mol. The van der Waals surface area contributed by atoms with Gasteiger partial charge in [0.1, 0.15) is 11.1 Å². The van der Waals surface area contributed by atoms with Crippen LogP contribution in [0.25, 0.3) is 0 Å². The van der Waals surface area contributed by atoms with Crippen LogP contribution in [0.4, 0.5) is 0 Å². The molecule has 1 aromatic heterocycles. The van der Waals surface area contributed by atoms with Crippen molar-refractivity contribution < 1.29 is 9.47 Å². The number of hydrogen-bond acceptors (Lipinski definition) is 5. The Balaban J connectivity index is 2.14. The maximum absolute atomic E-state index is 5.89. The zero-order valence-corrected chi connectivity index (χ0v) is 12.9. The van der Waals surface area contributed by atoms with Crippen LogP contribution in [0.3, 0.4) is 0 Å². The molecule has 0 spiro atoms. The summed E-state index contributed by atoms with van der Waals surface area (Å²) < 4.78 is 11.1. The Morgan fingerprint density at radius 2 is 2.21 bits per heavy atom. The van der Waals surface area contributed by atoms with Crippen molar-refractivity contribution in [3.63, 3.8) is 0 Å². The molecule has 0 amide bonds. The van der Waals surface area contributed by atoms with E-state index in [0.717, 1.165) is 30.4 Å². The standard InChI is InChI=1S/C14H24N2O2S/c1-4-15-8-12-11(9-17-3)16-14(19-12)13(18-5-2)10-6-7-10/h10,13,15H,4-9H2,1-3H3. The van der Waals surface area contributed by atoms with Gasteiger partial charge in [0.25, 0.3) is 0 Å². The molecule has 1 aromatic rings. The highest BCUT2D eigenvalue weighted by Gasteiger charge is 2.35. The van der Waals surface area contributed by atoms with Gasteiger partial charge in [0.05, 0.1) is 12.3 Å². The van der Waals surface area contributed by atoms with E-state index < -0.39 is 0 Å². The van der Waals surface area contributed by atoms with Gasteiger partial charge in [0.2, 0.25) is 0 Å². The van der Waals surface area contributed by atoms with E-state index in [0.29, 0.717) is 12.5 Å². The van der Waals surface area contributed by atoms with Gasteiger partial charge in [-0.3, -0.25) is 0 Å². The molecule has 5 heteroatoms. The topological polar surface area (TPSA) is 43.4 Å². The molecule has 0 radical (unpaired) electrons. The van der Waals surface area contributed by atoms with Crippen LogP contribution < -0.4 is 5.32 Å². The molecule has 1 saturated carbocycles. The molecule has 1 fully saturated rings. The third kappa shape index (κ3) is 3.99. The maximum Gasteiger partial charge on any atom is 0.122 e. The number of nitrogens with zero attached hydrogens (tertiary/aromatic N) is 1. The average molecular weight is 284 g/mol. The first kappa shape index (κ1) is 14.9. The van der Waals surface area contributed by atoms with Gasteiger partial charge < -0.3 is 14.8 Å². The van der Waals surface area contributed by atoms with Crippen molar-refractivity contribution in [1.82, 2.24) is 10.3 Å². The van der Waals surface area contributed by atoms with Gasteiger partial charge >= 0.3 is 0 Å². The third-order valence-corrected chi connectivity index (χ3v) is 4.41. The van der Waals surface area contributed by atoms with Crippen molar-refractivity contribution in [2.75, 3.05) is 20.3 Å². The van der Waals surface area contributed by atoms with E-state index in [1.165, 1.54) is 17.7 Å². The zero-order valence-electron chi connectivity index (χ0n) is 12.1. The highest BCUT2D eigenvalue weighted by Crippen LogP contribution is 2.44. The highest BCUT2D eigenvalue weighted by molar-refractivity contribution is 7.11.